The number of aromatic nitrogens is 3. The number of rotatable bonds is 7. The minimum Gasteiger partial charge on any atom is -0.345 e. The van der Waals surface area contributed by atoms with E-state index in [0.29, 0.717) is 6.54 Å². The summed E-state index contributed by atoms with van der Waals surface area (Å²) in [6.07, 6.45) is 4.79. The van der Waals surface area contributed by atoms with Crippen LogP contribution in [0.25, 0.3) is 5.65 Å². The summed E-state index contributed by atoms with van der Waals surface area (Å²) in [5, 5.41) is 14.2. The van der Waals surface area contributed by atoms with Crippen LogP contribution in [-0.2, 0) is 4.79 Å². The molecule has 0 fully saturated rings. The molecule has 2 heterocycles. The Kier molecular flexibility index (Phi) is 5.37. The maximum absolute atomic E-state index is 11.8. The SMILES string of the molecule is CNCC(=O)NC(CCSC)c1nnc2ccccn12. The number of hydrogen-bond acceptors (Lipinski definition) is 5. The van der Waals surface area contributed by atoms with Gasteiger partial charge in [0.05, 0.1) is 12.6 Å². The van der Waals surface area contributed by atoms with Gasteiger partial charge < -0.3 is 10.6 Å². The van der Waals surface area contributed by atoms with Crippen LogP contribution in [0.2, 0.25) is 0 Å². The quantitative estimate of drug-likeness (QED) is 0.792. The fourth-order valence-corrected chi connectivity index (χ4v) is 2.48. The molecule has 1 atom stereocenters. The van der Waals surface area contributed by atoms with Crippen LogP contribution < -0.4 is 10.6 Å². The van der Waals surface area contributed by atoms with E-state index in [0.717, 1.165) is 23.6 Å². The minimum absolute atomic E-state index is 0.0358. The number of carbonyl (C=O) groups excluding carboxylic acids is 1. The number of carbonyl (C=O) groups is 1. The van der Waals surface area contributed by atoms with Crippen molar-refractivity contribution in [2.24, 2.45) is 0 Å². The maximum Gasteiger partial charge on any atom is 0.234 e. The molecule has 0 saturated heterocycles. The predicted octanol–water partition coefficient (Wildman–Crippen LogP) is 0.859. The zero-order valence-corrected chi connectivity index (χ0v) is 12.5. The average molecular weight is 293 g/mol. The molecule has 2 N–H and O–H groups in total. The molecule has 2 aromatic heterocycles. The van der Waals surface area contributed by atoms with Gasteiger partial charge in [-0.15, -0.1) is 10.2 Å². The molecule has 108 valence electrons. The van der Waals surface area contributed by atoms with Crippen LogP contribution in [0.1, 0.15) is 18.3 Å². The van der Waals surface area contributed by atoms with Crippen molar-refractivity contribution >= 4 is 23.3 Å². The molecule has 20 heavy (non-hydrogen) atoms. The summed E-state index contributed by atoms with van der Waals surface area (Å²) in [5.74, 6) is 1.69. The van der Waals surface area contributed by atoms with Gasteiger partial charge in [-0.25, -0.2) is 0 Å². The Hall–Kier alpha value is -1.60. The number of nitrogens with one attached hydrogen (secondary N) is 2. The summed E-state index contributed by atoms with van der Waals surface area (Å²) in [5.41, 5.74) is 0.791. The van der Waals surface area contributed by atoms with Crippen molar-refractivity contribution in [2.75, 3.05) is 25.6 Å². The van der Waals surface area contributed by atoms with Gasteiger partial charge in [-0.05, 0) is 37.6 Å². The lowest BCUT2D eigenvalue weighted by Gasteiger charge is -2.16. The molecule has 0 aromatic carbocycles. The van der Waals surface area contributed by atoms with Crippen LogP contribution >= 0.6 is 11.8 Å². The smallest absolute Gasteiger partial charge is 0.234 e. The Bertz CT molecular complexity index is 571. The summed E-state index contributed by atoms with van der Waals surface area (Å²) < 4.78 is 1.92. The molecule has 7 heteroatoms. The summed E-state index contributed by atoms with van der Waals surface area (Å²) in [6, 6.07) is 5.63. The van der Waals surface area contributed by atoms with Crippen LogP contribution in [0, 0.1) is 0 Å². The summed E-state index contributed by atoms with van der Waals surface area (Å²) >= 11 is 1.75. The highest BCUT2D eigenvalue weighted by Gasteiger charge is 2.19. The number of amides is 1. The summed E-state index contributed by atoms with van der Waals surface area (Å²) in [6.45, 7) is 0.298. The number of pyridine rings is 1. The molecule has 0 aliphatic carbocycles. The standard InChI is InChI=1S/C13H19N5OS/c1-14-9-12(19)15-10(6-8-20-2)13-17-16-11-5-3-4-7-18(11)13/h3-5,7,10,14H,6,8-9H2,1-2H3,(H,15,19). The molecule has 6 nitrogen and oxygen atoms in total. The first-order chi connectivity index (χ1) is 9.76. The van der Waals surface area contributed by atoms with E-state index < -0.39 is 0 Å². The van der Waals surface area contributed by atoms with Gasteiger partial charge in [0.15, 0.2) is 11.5 Å². The number of fused-ring (bicyclic) bond motifs is 1. The van der Waals surface area contributed by atoms with E-state index >= 15 is 0 Å². The van der Waals surface area contributed by atoms with E-state index in [-0.39, 0.29) is 11.9 Å². The third-order valence-electron chi connectivity index (χ3n) is 2.93. The first kappa shape index (κ1) is 14.8. The normalized spacial score (nSPS) is 12.5. The van der Waals surface area contributed by atoms with Crippen molar-refractivity contribution in [2.45, 2.75) is 12.5 Å². The lowest BCUT2D eigenvalue weighted by atomic mass is 10.2. The van der Waals surface area contributed by atoms with Gasteiger partial charge in [0.25, 0.3) is 0 Å². The number of nitrogens with zero attached hydrogens (tertiary/aromatic N) is 3. The highest BCUT2D eigenvalue weighted by atomic mass is 32.2. The molecule has 0 aliphatic heterocycles. The van der Waals surface area contributed by atoms with E-state index in [1.807, 2.05) is 28.8 Å². The Morgan fingerprint density at radius 1 is 1.45 bits per heavy atom. The van der Waals surface area contributed by atoms with Crippen molar-refractivity contribution in [3.05, 3.63) is 30.2 Å². The van der Waals surface area contributed by atoms with Crippen molar-refractivity contribution in [3.8, 4) is 0 Å². The largest absolute Gasteiger partial charge is 0.345 e. The van der Waals surface area contributed by atoms with Crippen molar-refractivity contribution in [1.82, 2.24) is 25.2 Å². The minimum atomic E-state index is -0.124. The van der Waals surface area contributed by atoms with Crippen LogP contribution in [0.5, 0.6) is 0 Å². The molecule has 1 unspecified atom stereocenters. The number of thioether (sulfide) groups is 1. The highest BCUT2D eigenvalue weighted by Crippen LogP contribution is 2.17. The molecular formula is C13H19N5OS. The van der Waals surface area contributed by atoms with Crippen LogP contribution in [-0.4, -0.2) is 46.1 Å². The lowest BCUT2D eigenvalue weighted by molar-refractivity contribution is -0.121. The third kappa shape index (κ3) is 3.49. The van der Waals surface area contributed by atoms with Gasteiger partial charge in [0, 0.05) is 6.20 Å². The zero-order chi connectivity index (χ0) is 14.4. The average Bonchev–Trinajstić information content (AvgIpc) is 2.87. The summed E-state index contributed by atoms with van der Waals surface area (Å²) in [4.78, 5) is 11.8. The topological polar surface area (TPSA) is 71.3 Å². The number of hydrogen-bond donors (Lipinski definition) is 2. The molecule has 2 rings (SSSR count). The molecule has 0 spiro atoms. The second kappa shape index (κ2) is 7.25. The Morgan fingerprint density at radius 2 is 2.30 bits per heavy atom. The molecule has 1 amide bonds. The molecule has 2 aromatic rings. The molecule has 0 bridgehead atoms. The van der Waals surface area contributed by atoms with E-state index in [2.05, 4.69) is 27.1 Å². The predicted molar refractivity (Wildman–Crippen MR) is 80.8 cm³/mol. The van der Waals surface area contributed by atoms with Gasteiger partial charge in [0.1, 0.15) is 0 Å². The molecule has 0 aliphatic rings. The van der Waals surface area contributed by atoms with Gasteiger partial charge >= 0.3 is 0 Å². The second-order valence-electron chi connectivity index (χ2n) is 4.42. The fourth-order valence-electron chi connectivity index (χ4n) is 2.00. The summed E-state index contributed by atoms with van der Waals surface area (Å²) in [7, 11) is 1.75. The fraction of sp³-hybridized carbons (Fsp3) is 0.462. The number of likely N-dealkylation sites (N-methyl/N-ethyl adjacent to an activating group) is 1. The van der Waals surface area contributed by atoms with E-state index in [1.165, 1.54) is 0 Å². The van der Waals surface area contributed by atoms with Gasteiger partial charge in [0.2, 0.25) is 5.91 Å². The Morgan fingerprint density at radius 3 is 3.05 bits per heavy atom. The lowest BCUT2D eigenvalue weighted by Crippen LogP contribution is -2.36. The van der Waals surface area contributed by atoms with Gasteiger partial charge in [-0.1, -0.05) is 6.07 Å². The van der Waals surface area contributed by atoms with Crippen molar-refractivity contribution < 1.29 is 4.79 Å². The van der Waals surface area contributed by atoms with E-state index in [9.17, 15) is 4.79 Å². The van der Waals surface area contributed by atoms with Crippen LogP contribution in [0.15, 0.2) is 24.4 Å². The monoisotopic (exact) mass is 293 g/mol. The first-order valence-electron chi connectivity index (χ1n) is 6.49. The van der Waals surface area contributed by atoms with Crippen molar-refractivity contribution in [1.29, 1.82) is 0 Å². The van der Waals surface area contributed by atoms with Crippen LogP contribution in [0.3, 0.4) is 0 Å². The molecule has 0 radical (unpaired) electrons. The highest BCUT2D eigenvalue weighted by molar-refractivity contribution is 7.98. The molecular weight excluding hydrogens is 274 g/mol. The van der Waals surface area contributed by atoms with E-state index in [1.54, 1.807) is 18.8 Å². The Labute approximate surface area is 122 Å². The second-order valence-corrected chi connectivity index (χ2v) is 5.40. The third-order valence-corrected chi connectivity index (χ3v) is 3.58. The van der Waals surface area contributed by atoms with E-state index in [4.69, 9.17) is 0 Å². The first-order valence-corrected chi connectivity index (χ1v) is 7.88. The maximum atomic E-state index is 11.8. The van der Waals surface area contributed by atoms with Gasteiger partial charge in [-0.3, -0.25) is 9.20 Å². The van der Waals surface area contributed by atoms with Crippen molar-refractivity contribution in [3.63, 3.8) is 0 Å². The zero-order valence-electron chi connectivity index (χ0n) is 11.7. The molecule has 0 saturated carbocycles. The van der Waals surface area contributed by atoms with Gasteiger partial charge in [-0.2, -0.15) is 11.8 Å². The Balaban J connectivity index is 2.23. The van der Waals surface area contributed by atoms with Crippen LogP contribution in [0.4, 0.5) is 0 Å².